The monoisotopic (exact) mass is 1060 g/mol. The maximum Gasteiger partial charge on any atom is 0.247 e. The van der Waals surface area contributed by atoms with Gasteiger partial charge < -0.3 is 4.90 Å². The van der Waals surface area contributed by atoms with Gasteiger partial charge in [0.15, 0.2) is 0 Å². The van der Waals surface area contributed by atoms with Crippen molar-refractivity contribution in [3.8, 4) is 0 Å². The van der Waals surface area contributed by atoms with E-state index in [0.29, 0.717) is 0 Å². The maximum absolute atomic E-state index is 2.82. The van der Waals surface area contributed by atoms with Crippen LogP contribution in [0.1, 0.15) is 224 Å². The summed E-state index contributed by atoms with van der Waals surface area (Å²) < 4.78 is 0. The van der Waals surface area contributed by atoms with Crippen LogP contribution in [0.3, 0.4) is 0 Å². The Balaban J connectivity index is 1.11. The van der Waals surface area contributed by atoms with Crippen molar-refractivity contribution < 1.29 is 0 Å². The van der Waals surface area contributed by atoms with E-state index in [1.807, 2.05) is 0 Å². The molecule has 2 heteroatoms. The van der Waals surface area contributed by atoms with Gasteiger partial charge in [-0.15, -0.1) is 0 Å². The van der Waals surface area contributed by atoms with E-state index >= 15 is 0 Å². The highest BCUT2D eigenvalue weighted by molar-refractivity contribution is 6.99. The first-order valence-electron chi connectivity index (χ1n) is 31.0. The van der Waals surface area contributed by atoms with Crippen LogP contribution in [0.2, 0.25) is 0 Å². The van der Waals surface area contributed by atoms with Crippen molar-refractivity contribution in [1.29, 1.82) is 0 Å². The molecule has 0 saturated carbocycles. The van der Waals surface area contributed by atoms with Gasteiger partial charge in [0.05, 0.1) is 0 Å². The Morgan fingerprint density at radius 1 is 0.444 bits per heavy atom. The van der Waals surface area contributed by atoms with Gasteiger partial charge in [-0.2, -0.15) is 0 Å². The van der Waals surface area contributed by atoms with Gasteiger partial charge in [0.1, 0.15) is 0 Å². The van der Waals surface area contributed by atoms with Gasteiger partial charge in [-0.1, -0.05) is 248 Å². The van der Waals surface area contributed by atoms with Crippen molar-refractivity contribution in [3.05, 3.63) is 247 Å². The third-order valence-electron chi connectivity index (χ3n) is 21.4. The molecule has 5 aliphatic rings. The van der Waals surface area contributed by atoms with E-state index in [1.165, 1.54) is 118 Å². The van der Waals surface area contributed by atoms with Crippen molar-refractivity contribution >= 4 is 40.2 Å². The van der Waals surface area contributed by atoms with Crippen molar-refractivity contribution in [1.82, 2.24) is 0 Å². The summed E-state index contributed by atoms with van der Waals surface area (Å²) in [6.45, 7) is 37.2. The first-order chi connectivity index (χ1) is 38.3. The Hall–Kier alpha value is -6.38. The fourth-order valence-corrected chi connectivity index (χ4v) is 18.0. The molecule has 13 rings (SSSR count). The molecule has 2 aliphatic heterocycles. The number of hydrogen-bond donors (Lipinski definition) is 0. The zero-order valence-electron chi connectivity index (χ0n) is 51.7. The summed E-state index contributed by atoms with van der Waals surface area (Å²) in [6, 6.07) is 65.6. The lowest BCUT2D eigenvalue weighted by molar-refractivity contribution is 0.402. The average Bonchev–Trinajstić information content (AvgIpc) is 4.06. The largest absolute Gasteiger partial charge is 0.311 e. The Bertz CT molecular complexity index is 3790. The first-order valence-corrected chi connectivity index (χ1v) is 31.0. The van der Waals surface area contributed by atoms with Crippen LogP contribution in [0.4, 0.5) is 17.1 Å². The van der Waals surface area contributed by atoms with Crippen molar-refractivity contribution in [2.24, 2.45) is 0 Å². The number of aryl methyl sites for hydroxylation is 3. The maximum atomic E-state index is 2.82. The molecular weight excluding hydrogens is 974 g/mol. The minimum Gasteiger partial charge on any atom is -0.311 e. The summed E-state index contributed by atoms with van der Waals surface area (Å²) in [6.07, 6.45) is 7.49. The highest BCUT2D eigenvalue weighted by Gasteiger charge is 2.50. The molecule has 0 spiro atoms. The molecule has 2 atom stereocenters. The Morgan fingerprint density at radius 2 is 0.988 bits per heavy atom. The predicted molar refractivity (Wildman–Crippen MR) is 347 cm³/mol. The molecule has 3 aliphatic carbocycles. The van der Waals surface area contributed by atoms with E-state index in [4.69, 9.17) is 0 Å². The molecule has 8 aromatic rings. The second-order valence-electron chi connectivity index (χ2n) is 30.6. The molecule has 0 aromatic heterocycles. The molecule has 0 bridgehead atoms. The summed E-state index contributed by atoms with van der Waals surface area (Å²) >= 11 is 0. The summed E-state index contributed by atoms with van der Waals surface area (Å²) in [5.74, 6) is 0.344. The van der Waals surface area contributed by atoms with Crippen molar-refractivity contribution in [2.45, 2.75) is 199 Å². The predicted octanol–water partition coefficient (Wildman–Crippen LogP) is 18.3. The van der Waals surface area contributed by atoms with Crippen LogP contribution < -0.4 is 21.3 Å². The summed E-state index contributed by atoms with van der Waals surface area (Å²) in [5.41, 5.74) is 30.8. The number of hydrogen-bond acceptors (Lipinski definition) is 1. The molecule has 0 amide bonds. The third kappa shape index (κ3) is 8.76. The van der Waals surface area contributed by atoms with E-state index < -0.39 is 0 Å². The van der Waals surface area contributed by atoms with Gasteiger partial charge in [0.2, 0.25) is 6.71 Å². The van der Waals surface area contributed by atoms with Gasteiger partial charge in [0.25, 0.3) is 0 Å². The number of rotatable bonds is 11. The smallest absolute Gasteiger partial charge is 0.247 e. The Labute approximate surface area is 488 Å². The molecule has 2 unspecified atom stereocenters. The van der Waals surface area contributed by atoms with Crippen molar-refractivity contribution in [3.63, 3.8) is 0 Å². The number of fused-ring (bicyclic) bond motifs is 7. The lowest BCUT2D eigenvalue weighted by Crippen LogP contribution is -2.62. The number of nitrogens with zero attached hydrogens (tertiary/aromatic N) is 1. The van der Waals surface area contributed by atoms with E-state index in [0.717, 1.165) is 38.5 Å². The van der Waals surface area contributed by atoms with Crippen LogP contribution in [0, 0.1) is 6.92 Å². The SMILES string of the molecule is Cc1cc2c(cc1N1c3cc4c(cc3B3c5ccc(C(C)(C)c6ccccc6)cc5C(CCc5ccc6c(c5)C(C)(C)CC6(C)C)c5cc(C(CCc6ccccc6)c6ccccc6)cc1c53)C(C)(C)CC4(C)C)C(C)(C)CC2(C)C. The van der Waals surface area contributed by atoms with Gasteiger partial charge >= 0.3 is 0 Å². The van der Waals surface area contributed by atoms with Gasteiger partial charge in [-0.3, -0.25) is 0 Å². The van der Waals surface area contributed by atoms with Crippen LogP contribution in [0.25, 0.3) is 0 Å². The van der Waals surface area contributed by atoms with E-state index in [2.05, 4.69) is 273 Å². The summed E-state index contributed by atoms with van der Waals surface area (Å²) in [4.78, 5) is 2.82. The second kappa shape index (κ2) is 18.6. The zero-order chi connectivity index (χ0) is 57.0. The molecule has 1 nitrogen and oxygen atoms in total. The summed E-state index contributed by atoms with van der Waals surface area (Å²) in [5, 5.41) is 0. The highest BCUT2D eigenvalue weighted by atomic mass is 15.2. The lowest BCUT2D eigenvalue weighted by atomic mass is 9.30. The van der Waals surface area contributed by atoms with E-state index in [-0.39, 0.29) is 56.5 Å². The third-order valence-corrected chi connectivity index (χ3v) is 21.4. The van der Waals surface area contributed by atoms with Gasteiger partial charge in [0, 0.05) is 34.3 Å². The molecule has 8 aromatic carbocycles. The highest BCUT2D eigenvalue weighted by Crippen LogP contribution is 2.56. The van der Waals surface area contributed by atoms with Gasteiger partial charge in [-0.05, 0) is 197 Å². The molecule has 81 heavy (non-hydrogen) atoms. The normalized spacial score (nSPS) is 20.0. The Morgan fingerprint density at radius 3 is 1.62 bits per heavy atom. The number of anilines is 3. The second-order valence-corrected chi connectivity index (χ2v) is 30.6. The molecule has 0 saturated heterocycles. The van der Waals surface area contributed by atoms with Crippen LogP contribution in [0.5, 0.6) is 0 Å². The van der Waals surface area contributed by atoms with Crippen LogP contribution >= 0.6 is 0 Å². The standard InChI is InChI=1S/C79H88BN/c1-50-39-62-65(77(10,11)48-74(62,4)5)45-69(50)81-70-46-66-64(76(8,9)49-78(66,12)13)44-68(70)80-67-38-34-56(79(14,15)55-29-23-18-24-30-55)43-59(67)58(36-32-52-33-37-61-63(40-52)75(6,7)47-73(61,2)3)60-41-54(42-71(81)72(60)80)57(53-27-21-17-22-28-53)35-31-51-25-19-16-20-26-51/h16-30,33-34,37-46,57-58H,31-32,35-36,47-49H2,1-15H3. The van der Waals surface area contributed by atoms with Crippen molar-refractivity contribution in [2.75, 3.05) is 4.90 Å². The van der Waals surface area contributed by atoms with E-state index in [1.54, 1.807) is 5.56 Å². The van der Waals surface area contributed by atoms with Gasteiger partial charge in [-0.25, -0.2) is 0 Å². The summed E-state index contributed by atoms with van der Waals surface area (Å²) in [7, 11) is 0. The first kappa shape index (κ1) is 53.9. The van der Waals surface area contributed by atoms with Crippen LogP contribution in [-0.4, -0.2) is 6.71 Å². The quantitative estimate of drug-likeness (QED) is 0.117. The average molecular weight is 1060 g/mol. The molecule has 0 fully saturated rings. The lowest BCUT2D eigenvalue weighted by Gasteiger charge is -2.45. The molecule has 2 heterocycles. The topological polar surface area (TPSA) is 3.24 Å². The molecule has 0 N–H and O–H groups in total. The zero-order valence-corrected chi connectivity index (χ0v) is 51.7. The van der Waals surface area contributed by atoms with E-state index in [9.17, 15) is 0 Å². The molecular formula is C79H88BN. The van der Waals surface area contributed by atoms with Crippen LogP contribution in [-0.2, 0) is 50.7 Å². The number of benzene rings is 8. The minimum atomic E-state index is -0.201. The molecule has 0 radical (unpaired) electrons. The van der Waals surface area contributed by atoms with Crippen LogP contribution in [0.15, 0.2) is 164 Å². The fraction of sp³-hybridized carbons (Fsp3) is 0.392. The molecule has 412 valence electrons. The fourth-order valence-electron chi connectivity index (χ4n) is 18.0. The Kier molecular flexibility index (Phi) is 12.4. The minimum absolute atomic E-state index is 0.0255.